The number of nitrogens with zero attached hydrogens (tertiary/aromatic N) is 1. The number of hydrazine groups is 1. The lowest BCUT2D eigenvalue weighted by atomic mass is 9.96. The van der Waals surface area contributed by atoms with Gasteiger partial charge in [-0.15, -0.1) is 0 Å². The molecule has 0 aliphatic carbocycles. The molecule has 6 N–H and O–H groups in total. The van der Waals surface area contributed by atoms with Crippen LogP contribution in [0, 0.1) is 0 Å². The van der Waals surface area contributed by atoms with Crippen molar-refractivity contribution in [2.75, 3.05) is 32.2 Å². The molecule has 0 unspecified atom stereocenters. The number of amides is 1. The topological polar surface area (TPSA) is 123 Å². The van der Waals surface area contributed by atoms with Gasteiger partial charge < -0.3 is 30.9 Å². The molecule has 2 aromatic rings. The number of aldehydes is 1. The molecule has 0 bridgehead atoms. The van der Waals surface area contributed by atoms with Gasteiger partial charge in [0, 0.05) is 37.6 Å². The maximum Gasteiger partial charge on any atom is 0.228 e. The number of hydrogen-bond donors (Lipinski definition) is 4. The SMILES string of the molecule is CC.CNCCC(=O)N1Cc2ccccc2/C(N)=C(/NN)c2ccccc21.COCCC=O. The van der Waals surface area contributed by atoms with E-state index in [2.05, 4.69) is 15.5 Å². The molecule has 0 spiro atoms. The molecule has 180 valence electrons. The summed E-state index contributed by atoms with van der Waals surface area (Å²) in [6.07, 6.45) is 1.76. The van der Waals surface area contributed by atoms with Crippen molar-refractivity contribution in [3.63, 3.8) is 0 Å². The Hall–Kier alpha value is -3.20. The average Bonchev–Trinajstić information content (AvgIpc) is 2.86. The third-order valence-corrected chi connectivity index (χ3v) is 4.84. The lowest BCUT2D eigenvalue weighted by Crippen LogP contribution is -2.35. The Morgan fingerprint density at radius 2 is 1.76 bits per heavy atom. The van der Waals surface area contributed by atoms with Crippen LogP contribution in [-0.2, 0) is 20.9 Å². The lowest BCUT2D eigenvalue weighted by molar-refractivity contribution is -0.118. The first-order chi connectivity index (χ1) is 16.1. The molecule has 0 saturated heterocycles. The fraction of sp³-hybridized carbons (Fsp3) is 0.360. The molecule has 1 amide bonds. The highest BCUT2D eigenvalue weighted by atomic mass is 16.5. The Bertz CT molecular complexity index is 914. The number of para-hydroxylation sites is 1. The van der Waals surface area contributed by atoms with Gasteiger partial charge in [-0.25, -0.2) is 0 Å². The van der Waals surface area contributed by atoms with Gasteiger partial charge >= 0.3 is 0 Å². The number of fused-ring (bicyclic) bond motifs is 2. The van der Waals surface area contributed by atoms with Gasteiger partial charge in [0.1, 0.15) is 6.29 Å². The van der Waals surface area contributed by atoms with Crippen LogP contribution in [0.1, 0.15) is 43.4 Å². The van der Waals surface area contributed by atoms with Gasteiger partial charge in [0.2, 0.25) is 5.91 Å². The molecule has 8 nitrogen and oxygen atoms in total. The van der Waals surface area contributed by atoms with Crippen molar-refractivity contribution >= 4 is 29.3 Å². The minimum atomic E-state index is 0.0495. The second-order valence-corrected chi connectivity index (χ2v) is 6.89. The number of methoxy groups -OCH3 is 1. The summed E-state index contributed by atoms with van der Waals surface area (Å²) in [7, 11) is 3.41. The highest BCUT2D eigenvalue weighted by molar-refractivity contribution is 6.01. The third kappa shape index (κ3) is 7.71. The molecule has 1 heterocycles. The summed E-state index contributed by atoms with van der Waals surface area (Å²) in [5, 5.41) is 3.03. The smallest absolute Gasteiger partial charge is 0.228 e. The Labute approximate surface area is 196 Å². The summed E-state index contributed by atoms with van der Waals surface area (Å²) in [5.74, 6) is 5.84. The van der Waals surface area contributed by atoms with E-state index in [-0.39, 0.29) is 5.91 Å². The predicted molar refractivity (Wildman–Crippen MR) is 135 cm³/mol. The monoisotopic (exact) mass is 455 g/mol. The summed E-state index contributed by atoms with van der Waals surface area (Å²) >= 11 is 0. The van der Waals surface area contributed by atoms with Crippen LogP contribution in [0.15, 0.2) is 48.5 Å². The standard InChI is InChI=1S/C19H23N5O.C4H8O2.C2H6/c1-22-11-10-17(25)24-12-13-6-2-3-7-14(13)18(20)19(23-21)15-8-4-5-9-16(15)24;1-6-4-2-3-5;1-2/h2-9,22-23H,10-12,20-21H2,1H3;3H,2,4H2,1H3;1-2H3/b19-18-;;. The zero-order valence-electron chi connectivity index (χ0n) is 20.1. The number of benzene rings is 2. The minimum absolute atomic E-state index is 0.0495. The molecule has 0 atom stereocenters. The van der Waals surface area contributed by atoms with Crippen LogP contribution >= 0.6 is 0 Å². The first kappa shape index (κ1) is 27.8. The fourth-order valence-corrected chi connectivity index (χ4v) is 3.29. The predicted octanol–water partition coefficient (Wildman–Crippen LogP) is 2.64. The number of ether oxygens (including phenoxy) is 1. The normalized spacial score (nSPS) is 14.2. The summed E-state index contributed by atoms with van der Waals surface area (Å²) in [6, 6.07) is 15.5. The van der Waals surface area contributed by atoms with Gasteiger partial charge in [0.15, 0.2) is 0 Å². The van der Waals surface area contributed by atoms with Crippen molar-refractivity contribution in [2.24, 2.45) is 11.6 Å². The molecule has 1 aliphatic rings. The van der Waals surface area contributed by atoms with Gasteiger partial charge in [-0.2, -0.15) is 0 Å². The lowest BCUT2D eigenvalue weighted by Gasteiger charge is -2.30. The van der Waals surface area contributed by atoms with Crippen LogP contribution in [0.4, 0.5) is 5.69 Å². The Balaban J connectivity index is 0.000000593. The highest BCUT2D eigenvalue weighted by Crippen LogP contribution is 2.34. The molecule has 1 aliphatic heterocycles. The number of nitrogens with one attached hydrogen (secondary N) is 2. The van der Waals surface area contributed by atoms with E-state index in [1.165, 1.54) is 0 Å². The van der Waals surface area contributed by atoms with E-state index in [1.54, 1.807) is 12.0 Å². The molecule has 3 rings (SSSR count). The summed E-state index contributed by atoms with van der Waals surface area (Å²) < 4.78 is 4.55. The van der Waals surface area contributed by atoms with E-state index < -0.39 is 0 Å². The number of anilines is 1. The van der Waals surface area contributed by atoms with Crippen molar-refractivity contribution in [1.29, 1.82) is 0 Å². The molecule has 2 aromatic carbocycles. The molecule has 0 aromatic heterocycles. The zero-order chi connectivity index (χ0) is 24.6. The van der Waals surface area contributed by atoms with Gasteiger partial charge in [0.25, 0.3) is 0 Å². The van der Waals surface area contributed by atoms with Crippen molar-refractivity contribution in [1.82, 2.24) is 10.7 Å². The van der Waals surface area contributed by atoms with Crippen molar-refractivity contribution in [2.45, 2.75) is 33.2 Å². The fourth-order valence-electron chi connectivity index (χ4n) is 3.29. The number of carbonyl (C=O) groups excluding carboxylic acids is 2. The van der Waals surface area contributed by atoms with Crippen LogP contribution < -0.4 is 27.2 Å². The zero-order valence-corrected chi connectivity index (χ0v) is 20.1. The number of nitrogens with two attached hydrogens (primary N) is 2. The van der Waals surface area contributed by atoms with Gasteiger partial charge in [-0.3, -0.25) is 10.6 Å². The van der Waals surface area contributed by atoms with E-state index >= 15 is 0 Å². The van der Waals surface area contributed by atoms with E-state index in [1.807, 2.05) is 69.4 Å². The number of hydrogen-bond acceptors (Lipinski definition) is 7. The Kier molecular flexibility index (Phi) is 13.1. The molecule has 0 radical (unpaired) electrons. The molecular formula is C25H37N5O3. The maximum atomic E-state index is 12.9. The van der Waals surface area contributed by atoms with Crippen LogP contribution in [-0.4, -0.2) is 39.5 Å². The molecular weight excluding hydrogens is 418 g/mol. The van der Waals surface area contributed by atoms with Gasteiger partial charge in [-0.1, -0.05) is 56.3 Å². The van der Waals surface area contributed by atoms with Crippen LogP contribution in [0.3, 0.4) is 0 Å². The van der Waals surface area contributed by atoms with Crippen LogP contribution in [0.2, 0.25) is 0 Å². The Morgan fingerprint density at radius 3 is 2.33 bits per heavy atom. The van der Waals surface area contributed by atoms with E-state index in [4.69, 9.17) is 11.6 Å². The minimum Gasteiger partial charge on any atom is -0.396 e. The Morgan fingerprint density at radius 1 is 1.12 bits per heavy atom. The van der Waals surface area contributed by atoms with Gasteiger partial charge in [0.05, 0.1) is 30.2 Å². The largest absolute Gasteiger partial charge is 0.396 e. The third-order valence-electron chi connectivity index (χ3n) is 4.84. The van der Waals surface area contributed by atoms with E-state index in [9.17, 15) is 9.59 Å². The molecule has 0 fully saturated rings. The molecule has 8 heteroatoms. The maximum absolute atomic E-state index is 12.9. The highest BCUT2D eigenvalue weighted by Gasteiger charge is 2.25. The first-order valence-corrected chi connectivity index (χ1v) is 11.1. The first-order valence-electron chi connectivity index (χ1n) is 11.1. The second kappa shape index (κ2) is 15.6. The quantitative estimate of drug-likeness (QED) is 0.219. The van der Waals surface area contributed by atoms with Crippen LogP contribution in [0.5, 0.6) is 0 Å². The van der Waals surface area contributed by atoms with E-state index in [0.717, 1.165) is 28.7 Å². The average molecular weight is 456 g/mol. The summed E-state index contributed by atoms with van der Waals surface area (Å²) in [5.41, 5.74) is 13.8. The number of rotatable bonds is 7. The molecule has 0 saturated carbocycles. The molecule has 33 heavy (non-hydrogen) atoms. The van der Waals surface area contributed by atoms with Crippen LogP contribution in [0.25, 0.3) is 11.4 Å². The van der Waals surface area contributed by atoms with Gasteiger partial charge in [-0.05, 0) is 18.7 Å². The van der Waals surface area contributed by atoms with Crippen molar-refractivity contribution in [3.8, 4) is 0 Å². The summed E-state index contributed by atoms with van der Waals surface area (Å²) in [6.45, 7) is 5.64. The number of carbonyl (C=O) groups is 2. The van der Waals surface area contributed by atoms with Crippen molar-refractivity contribution in [3.05, 3.63) is 65.2 Å². The second-order valence-electron chi connectivity index (χ2n) is 6.89. The van der Waals surface area contributed by atoms with E-state index in [0.29, 0.717) is 43.9 Å². The summed E-state index contributed by atoms with van der Waals surface area (Å²) in [4.78, 5) is 24.1. The van der Waals surface area contributed by atoms with Crippen molar-refractivity contribution < 1.29 is 14.3 Å².